The number of sulfonamides is 1. The van der Waals surface area contributed by atoms with Gasteiger partial charge >= 0.3 is 0 Å². The fourth-order valence-corrected chi connectivity index (χ4v) is 4.72. The molecule has 0 spiro atoms. The number of nitro groups is 1. The van der Waals surface area contributed by atoms with Crippen molar-refractivity contribution in [2.24, 2.45) is 5.10 Å². The summed E-state index contributed by atoms with van der Waals surface area (Å²) in [6.45, 7) is 1.85. The molecule has 0 aliphatic carbocycles. The van der Waals surface area contributed by atoms with Gasteiger partial charge in [0.05, 0.1) is 16.0 Å². The summed E-state index contributed by atoms with van der Waals surface area (Å²) >= 11 is 1.49. The molecule has 12 heteroatoms. The monoisotopic (exact) mass is 516 g/mol. The van der Waals surface area contributed by atoms with Crippen LogP contribution in [0, 0.1) is 17.0 Å². The summed E-state index contributed by atoms with van der Waals surface area (Å²) in [6, 6.07) is 14.5. The van der Waals surface area contributed by atoms with E-state index in [2.05, 4.69) is 15.2 Å². The highest BCUT2D eigenvalue weighted by molar-refractivity contribution is 7.98. The number of amides is 1. The van der Waals surface area contributed by atoms with Crippen molar-refractivity contribution in [2.45, 2.75) is 24.3 Å². The van der Waals surface area contributed by atoms with Crippen LogP contribution in [0.2, 0.25) is 0 Å². The lowest BCUT2D eigenvalue weighted by atomic mass is 10.1. The highest BCUT2D eigenvalue weighted by Crippen LogP contribution is 2.24. The summed E-state index contributed by atoms with van der Waals surface area (Å²) in [6.07, 6.45) is 3.42. The van der Waals surface area contributed by atoms with Gasteiger partial charge in [-0.25, -0.2) is 13.8 Å². The number of nitrogens with one attached hydrogen (secondary N) is 2. The third kappa shape index (κ3) is 7.25. The number of thioether (sulfide) groups is 1. The summed E-state index contributed by atoms with van der Waals surface area (Å²) in [5.74, 6) is 0.763. The van der Waals surface area contributed by atoms with Gasteiger partial charge in [-0.2, -0.15) is 21.6 Å². The van der Waals surface area contributed by atoms with Crippen molar-refractivity contribution in [3.63, 3.8) is 0 Å². The van der Waals surface area contributed by atoms with Crippen molar-refractivity contribution in [1.82, 2.24) is 10.1 Å². The summed E-state index contributed by atoms with van der Waals surface area (Å²) in [5, 5.41) is 14.7. The fraction of sp³-hybridized carbons (Fsp3) is 0.217. The Labute approximate surface area is 207 Å². The standard InChI is InChI=1S/C23H24N4O6S2/c1-16-3-10-20(11-4-16)35(31,32)26-21(13-14-34-2)23(28)25-24-15-19-9-12-22(33-19)17-5-7-18(8-6-17)27(29)30/h3-12,15,21,26H,13-14H2,1-2H3,(H,25,28)/b24-15+/t21-/m0/s1. The average Bonchev–Trinajstić information content (AvgIpc) is 3.31. The quantitative estimate of drug-likeness (QED) is 0.225. The molecule has 3 aromatic rings. The highest BCUT2D eigenvalue weighted by atomic mass is 32.2. The lowest BCUT2D eigenvalue weighted by Crippen LogP contribution is -2.45. The Hall–Kier alpha value is -3.48. The predicted molar refractivity (Wildman–Crippen MR) is 135 cm³/mol. The molecule has 0 saturated heterocycles. The zero-order valence-electron chi connectivity index (χ0n) is 19.0. The van der Waals surface area contributed by atoms with E-state index >= 15 is 0 Å². The topological polar surface area (TPSA) is 144 Å². The van der Waals surface area contributed by atoms with Crippen LogP contribution in [0.25, 0.3) is 11.3 Å². The molecule has 35 heavy (non-hydrogen) atoms. The second kappa shape index (κ2) is 11.8. The van der Waals surface area contributed by atoms with Crippen LogP contribution in [-0.4, -0.2) is 43.5 Å². The second-order valence-corrected chi connectivity index (χ2v) is 10.2. The van der Waals surface area contributed by atoms with E-state index in [-0.39, 0.29) is 17.0 Å². The van der Waals surface area contributed by atoms with E-state index in [9.17, 15) is 23.3 Å². The van der Waals surface area contributed by atoms with Gasteiger partial charge in [0.2, 0.25) is 10.0 Å². The zero-order valence-corrected chi connectivity index (χ0v) is 20.6. The van der Waals surface area contributed by atoms with E-state index in [0.717, 1.165) is 5.56 Å². The van der Waals surface area contributed by atoms with Gasteiger partial charge in [0.1, 0.15) is 17.6 Å². The Morgan fingerprint density at radius 1 is 1.14 bits per heavy atom. The Kier molecular flexibility index (Phi) is 8.79. The first-order valence-electron chi connectivity index (χ1n) is 10.4. The number of hydrogen-bond donors (Lipinski definition) is 2. The van der Waals surface area contributed by atoms with Crippen molar-refractivity contribution in [2.75, 3.05) is 12.0 Å². The molecule has 1 amide bonds. The number of rotatable bonds is 11. The molecule has 0 unspecified atom stereocenters. The maximum atomic E-state index is 12.7. The molecule has 184 valence electrons. The second-order valence-electron chi connectivity index (χ2n) is 7.51. The van der Waals surface area contributed by atoms with Crippen LogP contribution >= 0.6 is 11.8 Å². The van der Waals surface area contributed by atoms with Crippen molar-refractivity contribution >= 4 is 39.6 Å². The molecular formula is C23H24N4O6S2. The normalized spacial score (nSPS) is 12.5. The molecule has 3 rings (SSSR count). The third-order valence-electron chi connectivity index (χ3n) is 4.91. The van der Waals surface area contributed by atoms with Gasteiger partial charge in [0.25, 0.3) is 11.6 Å². The van der Waals surface area contributed by atoms with Gasteiger partial charge in [0, 0.05) is 17.7 Å². The molecule has 1 heterocycles. The largest absolute Gasteiger partial charge is 0.455 e. The summed E-state index contributed by atoms with van der Waals surface area (Å²) in [7, 11) is -3.90. The fourth-order valence-electron chi connectivity index (χ4n) is 3.01. The maximum Gasteiger partial charge on any atom is 0.269 e. The Morgan fingerprint density at radius 2 is 1.83 bits per heavy atom. The number of benzene rings is 2. The molecular weight excluding hydrogens is 492 g/mol. The highest BCUT2D eigenvalue weighted by Gasteiger charge is 2.25. The SMILES string of the molecule is CSCC[C@H](NS(=O)(=O)c1ccc(C)cc1)C(=O)N/N=C/c1ccc(-c2ccc([N+](=O)[O-])cc2)o1. The van der Waals surface area contributed by atoms with Crippen LogP contribution in [0.3, 0.4) is 0 Å². The van der Waals surface area contributed by atoms with E-state index in [1.54, 1.807) is 36.4 Å². The van der Waals surface area contributed by atoms with Gasteiger partial charge in [-0.15, -0.1) is 0 Å². The Bertz CT molecular complexity index is 1300. The molecule has 1 atom stereocenters. The van der Waals surface area contributed by atoms with Crippen LogP contribution in [0.15, 0.2) is 75.1 Å². The summed E-state index contributed by atoms with van der Waals surface area (Å²) in [5.41, 5.74) is 3.88. The Morgan fingerprint density at radius 3 is 2.46 bits per heavy atom. The number of aryl methyl sites for hydroxylation is 1. The van der Waals surface area contributed by atoms with Crippen LogP contribution in [0.1, 0.15) is 17.7 Å². The molecule has 1 aromatic heterocycles. The molecule has 10 nitrogen and oxygen atoms in total. The molecule has 2 N–H and O–H groups in total. The minimum absolute atomic E-state index is 0.0289. The predicted octanol–water partition coefficient (Wildman–Crippen LogP) is 3.71. The Balaban J connectivity index is 1.65. The van der Waals surface area contributed by atoms with E-state index in [4.69, 9.17) is 4.42 Å². The molecule has 0 bridgehead atoms. The number of nitrogens with zero attached hydrogens (tertiary/aromatic N) is 2. The number of nitro benzene ring substituents is 1. The minimum atomic E-state index is -3.90. The first-order chi connectivity index (χ1) is 16.7. The van der Waals surface area contributed by atoms with Crippen molar-refractivity contribution in [3.8, 4) is 11.3 Å². The molecule has 0 radical (unpaired) electrons. The number of furan rings is 1. The molecule has 2 aromatic carbocycles. The van der Waals surface area contributed by atoms with Gasteiger partial charge in [-0.3, -0.25) is 14.9 Å². The van der Waals surface area contributed by atoms with Gasteiger partial charge < -0.3 is 4.42 Å². The lowest BCUT2D eigenvalue weighted by Gasteiger charge is -2.17. The molecule has 0 aliphatic rings. The van der Waals surface area contributed by atoms with Gasteiger partial charge in [-0.05, 0) is 61.8 Å². The molecule has 0 fully saturated rings. The van der Waals surface area contributed by atoms with E-state index < -0.39 is 26.9 Å². The first kappa shape index (κ1) is 26.1. The third-order valence-corrected chi connectivity index (χ3v) is 7.04. The number of carbonyl (C=O) groups is 1. The summed E-state index contributed by atoms with van der Waals surface area (Å²) < 4.78 is 33.5. The first-order valence-corrected chi connectivity index (χ1v) is 13.3. The number of carbonyl (C=O) groups excluding carboxylic acids is 1. The van der Waals surface area contributed by atoms with Crippen molar-refractivity contribution in [3.05, 3.63) is 82.1 Å². The zero-order chi connectivity index (χ0) is 25.4. The van der Waals surface area contributed by atoms with E-state index in [1.165, 1.54) is 42.2 Å². The van der Waals surface area contributed by atoms with Gasteiger partial charge in [-0.1, -0.05) is 17.7 Å². The maximum absolute atomic E-state index is 12.7. The molecule has 0 saturated carbocycles. The number of hydrazone groups is 1. The lowest BCUT2D eigenvalue weighted by molar-refractivity contribution is -0.384. The average molecular weight is 517 g/mol. The van der Waals surface area contributed by atoms with Crippen molar-refractivity contribution in [1.29, 1.82) is 0 Å². The smallest absolute Gasteiger partial charge is 0.269 e. The van der Waals surface area contributed by atoms with Crippen LogP contribution in [0.4, 0.5) is 5.69 Å². The van der Waals surface area contributed by atoms with Crippen molar-refractivity contribution < 1.29 is 22.6 Å². The molecule has 0 aliphatic heterocycles. The van der Waals surface area contributed by atoms with Crippen LogP contribution < -0.4 is 10.1 Å². The van der Waals surface area contributed by atoms with E-state index in [1.807, 2.05) is 13.2 Å². The van der Waals surface area contributed by atoms with Gasteiger partial charge in [0.15, 0.2) is 0 Å². The van der Waals surface area contributed by atoms with E-state index in [0.29, 0.717) is 22.8 Å². The summed E-state index contributed by atoms with van der Waals surface area (Å²) in [4.78, 5) is 23.0. The minimum Gasteiger partial charge on any atom is -0.455 e. The van der Waals surface area contributed by atoms with Crippen LogP contribution in [-0.2, 0) is 14.8 Å². The number of non-ortho nitro benzene ring substituents is 1. The van der Waals surface area contributed by atoms with Crippen LogP contribution in [0.5, 0.6) is 0 Å². The number of hydrogen-bond acceptors (Lipinski definition) is 8.